The lowest BCUT2D eigenvalue weighted by atomic mass is 10.0. The van der Waals surface area contributed by atoms with Crippen molar-refractivity contribution in [2.24, 2.45) is 0 Å². The Labute approximate surface area is 250 Å². The Morgan fingerprint density at radius 2 is 1.61 bits per heavy atom. The molecule has 0 saturated heterocycles. The minimum atomic E-state index is -4.88. The lowest BCUT2D eigenvalue weighted by Gasteiger charge is -2.33. The number of anilines is 1. The molecule has 2 amide bonds. The second-order valence-corrected chi connectivity index (χ2v) is 12.2. The maximum Gasteiger partial charge on any atom is 0.417 e. The van der Waals surface area contributed by atoms with Gasteiger partial charge >= 0.3 is 6.18 Å². The molecule has 0 saturated carbocycles. The summed E-state index contributed by atoms with van der Waals surface area (Å²) >= 11 is 18.1. The summed E-state index contributed by atoms with van der Waals surface area (Å²) in [7, 11) is -2.90. The monoisotopic (exact) mass is 649 g/mol. The maximum atomic E-state index is 13.9. The molecule has 1 N–H and O–H groups in total. The summed E-state index contributed by atoms with van der Waals surface area (Å²) in [5, 5.41) is 2.40. The van der Waals surface area contributed by atoms with Crippen LogP contribution in [0.1, 0.15) is 16.7 Å². The van der Waals surface area contributed by atoms with Crippen LogP contribution in [-0.4, -0.2) is 51.0 Å². The molecule has 0 aromatic heterocycles. The molecule has 0 aliphatic carbocycles. The van der Waals surface area contributed by atoms with E-state index in [1.165, 1.54) is 19.2 Å². The Morgan fingerprint density at radius 1 is 0.951 bits per heavy atom. The van der Waals surface area contributed by atoms with E-state index in [-0.39, 0.29) is 18.0 Å². The van der Waals surface area contributed by atoms with E-state index in [2.05, 4.69) is 5.32 Å². The highest BCUT2D eigenvalue weighted by Gasteiger charge is 2.36. The van der Waals surface area contributed by atoms with Gasteiger partial charge in [-0.05, 0) is 41.5 Å². The van der Waals surface area contributed by atoms with Crippen LogP contribution in [0.15, 0.2) is 66.7 Å². The van der Waals surface area contributed by atoms with Crippen molar-refractivity contribution in [1.29, 1.82) is 0 Å². The molecule has 0 aliphatic rings. The highest BCUT2D eigenvalue weighted by Crippen LogP contribution is 2.37. The van der Waals surface area contributed by atoms with Crippen LogP contribution in [0.2, 0.25) is 15.1 Å². The average molecular weight is 651 g/mol. The molecule has 14 heteroatoms. The summed E-state index contributed by atoms with van der Waals surface area (Å²) in [6, 6.07) is 14.7. The summed E-state index contributed by atoms with van der Waals surface area (Å²) in [5.74, 6) is -1.42. The number of benzene rings is 3. The van der Waals surface area contributed by atoms with Crippen molar-refractivity contribution in [2.75, 3.05) is 24.2 Å². The van der Waals surface area contributed by atoms with Gasteiger partial charge in [0, 0.05) is 30.1 Å². The van der Waals surface area contributed by atoms with Crippen LogP contribution in [0.5, 0.6) is 0 Å². The number of hydrogen-bond acceptors (Lipinski definition) is 4. The zero-order valence-corrected chi connectivity index (χ0v) is 24.8. The van der Waals surface area contributed by atoms with Crippen molar-refractivity contribution in [1.82, 2.24) is 10.2 Å². The number of nitrogens with zero attached hydrogens (tertiary/aromatic N) is 2. The first-order valence-electron chi connectivity index (χ1n) is 11.9. The van der Waals surface area contributed by atoms with E-state index in [0.29, 0.717) is 26.5 Å². The molecule has 3 aromatic carbocycles. The molecule has 3 rings (SSSR count). The molecule has 220 valence electrons. The highest BCUT2D eigenvalue weighted by molar-refractivity contribution is 7.92. The number of alkyl halides is 3. The summed E-state index contributed by atoms with van der Waals surface area (Å²) in [5.41, 5.74) is -0.590. The SMILES string of the molecule is CNC(=O)[C@H](Cc1ccccc1)N(Cc1ccc(Cl)cc1Cl)C(=O)CN(c1ccc(Cl)c(C(F)(F)F)c1)S(C)(=O)=O. The normalized spacial score (nSPS) is 12.5. The zero-order valence-electron chi connectivity index (χ0n) is 21.8. The fraction of sp³-hybridized carbons (Fsp3) is 0.259. The van der Waals surface area contributed by atoms with E-state index in [4.69, 9.17) is 34.8 Å². The van der Waals surface area contributed by atoms with E-state index in [0.717, 1.165) is 23.3 Å². The Morgan fingerprint density at radius 3 is 2.17 bits per heavy atom. The van der Waals surface area contributed by atoms with Crippen LogP contribution in [0.4, 0.5) is 18.9 Å². The minimum absolute atomic E-state index is 0.0511. The second-order valence-electron chi connectivity index (χ2n) is 9.01. The molecule has 0 bridgehead atoms. The first-order valence-corrected chi connectivity index (χ1v) is 14.9. The van der Waals surface area contributed by atoms with Crippen LogP contribution in [0, 0.1) is 0 Å². The van der Waals surface area contributed by atoms with Gasteiger partial charge < -0.3 is 10.2 Å². The van der Waals surface area contributed by atoms with Gasteiger partial charge in [0.25, 0.3) is 0 Å². The number of sulfonamides is 1. The molecule has 41 heavy (non-hydrogen) atoms. The van der Waals surface area contributed by atoms with Crippen LogP contribution < -0.4 is 9.62 Å². The predicted molar refractivity (Wildman–Crippen MR) is 154 cm³/mol. The molecular weight excluding hydrogens is 626 g/mol. The molecule has 3 aromatic rings. The molecule has 0 aliphatic heterocycles. The molecule has 1 atom stereocenters. The predicted octanol–water partition coefficient (Wildman–Crippen LogP) is 5.82. The van der Waals surface area contributed by atoms with Crippen molar-refractivity contribution >= 4 is 62.3 Å². The topological polar surface area (TPSA) is 86.8 Å². The molecule has 0 unspecified atom stereocenters. The second kappa shape index (κ2) is 13.3. The molecule has 0 heterocycles. The van der Waals surface area contributed by atoms with E-state index < -0.39 is 56.9 Å². The number of hydrogen-bond donors (Lipinski definition) is 1. The van der Waals surface area contributed by atoms with Gasteiger partial charge in [-0.2, -0.15) is 13.2 Å². The molecule has 7 nitrogen and oxygen atoms in total. The fourth-order valence-corrected chi connectivity index (χ4v) is 5.59. The summed E-state index contributed by atoms with van der Waals surface area (Å²) in [6.45, 7) is -1.14. The Hall–Kier alpha value is -2.99. The standard InChI is InChI=1S/C27H25Cl3F3N3O4S/c1-34-26(38)24(12-17-6-4-3-5-7-17)35(15-18-8-9-19(28)13-23(18)30)25(37)16-36(41(2,39)40)20-10-11-22(29)21(14-20)27(31,32)33/h3-11,13-14,24H,12,15-16H2,1-2H3,(H,34,38)/t24-/m0/s1. The van der Waals surface area contributed by atoms with Gasteiger partial charge in [0.05, 0.1) is 22.5 Å². The van der Waals surface area contributed by atoms with Crippen molar-refractivity contribution < 1.29 is 31.2 Å². The van der Waals surface area contributed by atoms with Gasteiger partial charge in [0.15, 0.2) is 0 Å². The first kappa shape index (κ1) is 32.5. The number of carbonyl (C=O) groups is 2. The van der Waals surface area contributed by atoms with Crippen LogP contribution >= 0.6 is 34.8 Å². The van der Waals surface area contributed by atoms with E-state index in [9.17, 15) is 31.2 Å². The Balaban J connectivity index is 2.10. The molecule has 0 radical (unpaired) electrons. The quantitative estimate of drug-likeness (QED) is 0.300. The highest BCUT2D eigenvalue weighted by atomic mass is 35.5. The molecular formula is C27H25Cl3F3N3O4S. The van der Waals surface area contributed by atoms with Gasteiger partial charge in [-0.15, -0.1) is 0 Å². The summed E-state index contributed by atoms with van der Waals surface area (Å²) in [4.78, 5) is 28.1. The Kier molecular flexibility index (Phi) is 10.6. The third kappa shape index (κ3) is 8.51. The zero-order chi connectivity index (χ0) is 30.5. The summed E-state index contributed by atoms with van der Waals surface area (Å²) < 4.78 is 66.7. The lowest BCUT2D eigenvalue weighted by Crippen LogP contribution is -2.53. The minimum Gasteiger partial charge on any atom is -0.357 e. The van der Waals surface area contributed by atoms with Crippen molar-refractivity contribution in [3.05, 3.63) is 98.5 Å². The Bertz CT molecular complexity index is 1520. The fourth-order valence-electron chi connectivity index (χ4n) is 4.05. The number of nitrogens with one attached hydrogen (secondary N) is 1. The van der Waals surface area contributed by atoms with Crippen LogP contribution in [0.25, 0.3) is 0 Å². The smallest absolute Gasteiger partial charge is 0.357 e. The van der Waals surface area contributed by atoms with Gasteiger partial charge in [-0.3, -0.25) is 13.9 Å². The third-order valence-electron chi connectivity index (χ3n) is 6.10. The number of likely N-dealkylation sites (N-methyl/N-ethyl adjacent to an activating group) is 1. The van der Waals surface area contributed by atoms with Gasteiger partial charge in [-0.25, -0.2) is 8.42 Å². The van der Waals surface area contributed by atoms with E-state index in [1.54, 1.807) is 36.4 Å². The first-order chi connectivity index (χ1) is 19.1. The third-order valence-corrected chi connectivity index (χ3v) is 8.15. The number of amides is 2. The number of carbonyl (C=O) groups excluding carboxylic acids is 2. The van der Waals surface area contributed by atoms with E-state index >= 15 is 0 Å². The van der Waals surface area contributed by atoms with Gasteiger partial charge in [0.1, 0.15) is 12.6 Å². The van der Waals surface area contributed by atoms with Crippen LogP contribution in [-0.2, 0) is 38.8 Å². The van der Waals surface area contributed by atoms with Gasteiger partial charge in [0.2, 0.25) is 21.8 Å². The van der Waals surface area contributed by atoms with Crippen molar-refractivity contribution in [3.8, 4) is 0 Å². The van der Waals surface area contributed by atoms with Crippen LogP contribution in [0.3, 0.4) is 0 Å². The molecule has 0 fully saturated rings. The van der Waals surface area contributed by atoms with E-state index in [1.807, 2.05) is 0 Å². The van der Waals surface area contributed by atoms with Crippen molar-refractivity contribution in [3.63, 3.8) is 0 Å². The number of halogens is 6. The lowest BCUT2D eigenvalue weighted by molar-refractivity contribution is -0.139. The van der Waals surface area contributed by atoms with Crippen molar-refractivity contribution in [2.45, 2.75) is 25.2 Å². The average Bonchev–Trinajstić information content (AvgIpc) is 2.89. The van der Waals surface area contributed by atoms with Gasteiger partial charge in [-0.1, -0.05) is 71.2 Å². The summed E-state index contributed by atoms with van der Waals surface area (Å²) in [6.07, 6.45) is -4.07. The largest absolute Gasteiger partial charge is 0.417 e. The maximum absolute atomic E-state index is 13.9. The molecule has 0 spiro atoms. The number of rotatable bonds is 10.